The van der Waals surface area contributed by atoms with Gasteiger partial charge >= 0.3 is 0 Å². The van der Waals surface area contributed by atoms with Crippen LogP contribution in [-0.4, -0.2) is 44.2 Å². The third kappa shape index (κ3) is 5.14. The van der Waals surface area contributed by atoms with Crippen LogP contribution in [0.3, 0.4) is 0 Å². The van der Waals surface area contributed by atoms with Gasteiger partial charge in [-0.1, -0.05) is 51.1 Å². The molecule has 1 aliphatic rings. The van der Waals surface area contributed by atoms with E-state index in [4.69, 9.17) is 9.47 Å². The topological polar surface area (TPSA) is 50.8 Å². The van der Waals surface area contributed by atoms with Gasteiger partial charge in [0.05, 0.1) is 20.3 Å². The third-order valence-corrected chi connectivity index (χ3v) is 5.75. The Morgan fingerprint density at radius 1 is 1.07 bits per heavy atom. The van der Waals surface area contributed by atoms with Crippen LogP contribution in [0, 0.1) is 5.41 Å². The second-order valence-corrected chi connectivity index (χ2v) is 8.97. The van der Waals surface area contributed by atoms with Gasteiger partial charge in [-0.25, -0.2) is 0 Å². The van der Waals surface area contributed by atoms with Gasteiger partial charge in [-0.3, -0.25) is 4.79 Å². The van der Waals surface area contributed by atoms with E-state index in [9.17, 15) is 4.79 Å². The van der Waals surface area contributed by atoms with Gasteiger partial charge in [-0.05, 0) is 53.6 Å². The first-order valence-electron chi connectivity index (χ1n) is 10.6. The fourth-order valence-corrected chi connectivity index (χ4v) is 4.02. The summed E-state index contributed by atoms with van der Waals surface area (Å²) in [5.74, 6) is 1.61. The Balaban J connectivity index is 1.70. The quantitative estimate of drug-likeness (QED) is 0.754. The molecule has 0 radical (unpaired) electrons. The Labute approximate surface area is 180 Å². The van der Waals surface area contributed by atoms with Gasteiger partial charge in [-0.2, -0.15) is 0 Å². The fourth-order valence-electron chi connectivity index (χ4n) is 4.02. The molecule has 0 bridgehead atoms. The van der Waals surface area contributed by atoms with E-state index >= 15 is 0 Å². The number of nitrogens with zero attached hydrogens (tertiary/aromatic N) is 1. The SMILES string of the molecule is COc1cc2c(cc1OC)CN(C(=O)C(NCCc1ccccc1)C(C)(C)C)CC2. The Hall–Kier alpha value is -2.53. The van der Waals surface area contributed by atoms with Gasteiger partial charge in [-0.15, -0.1) is 0 Å². The number of nitrogens with one attached hydrogen (secondary N) is 1. The van der Waals surface area contributed by atoms with Crippen LogP contribution in [0.15, 0.2) is 42.5 Å². The first-order chi connectivity index (χ1) is 14.3. The van der Waals surface area contributed by atoms with Crippen LogP contribution in [0.2, 0.25) is 0 Å². The van der Waals surface area contributed by atoms with Gasteiger partial charge in [0.15, 0.2) is 11.5 Å². The highest BCUT2D eigenvalue weighted by molar-refractivity contribution is 5.83. The van der Waals surface area contributed by atoms with E-state index in [2.05, 4.69) is 50.4 Å². The van der Waals surface area contributed by atoms with Crippen molar-refractivity contribution in [3.05, 3.63) is 59.2 Å². The summed E-state index contributed by atoms with van der Waals surface area (Å²) in [4.78, 5) is 15.5. The Morgan fingerprint density at radius 2 is 1.70 bits per heavy atom. The second kappa shape index (κ2) is 9.52. The molecule has 2 aromatic carbocycles. The number of hydrogen-bond donors (Lipinski definition) is 1. The largest absolute Gasteiger partial charge is 0.493 e. The fraction of sp³-hybridized carbons (Fsp3) is 0.480. The number of carbonyl (C=O) groups is 1. The normalized spacial score (nSPS) is 14.8. The number of ether oxygens (including phenoxy) is 2. The molecule has 1 N–H and O–H groups in total. The Kier molecular flexibility index (Phi) is 7.03. The van der Waals surface area contributed by atoms with Crippen LogP contribution in [-0.2, 0) is 24.2 Å². The molecular formula is C25H34N2O3. The summed E-state index contributed by atoms with van der Waals surface area (Å²) in [6.07, 6.45) is 1.73. The molecule has 5 heteroatoms. The molecule has 30 heavy (non-hydrogen) atoms. The highest BCUT2D eigenvalue weighted by atomic mass is 16.5. The predicted molar refractivity (Wildman–Crippen MR) is 120 cm³/mol. The van der Waals surface area contributed by atoms with Crippen LogP contribution in [0.5, 0.6) is 11.5 Å². The molecule has 5 nitrogen and oxygen atoms in total. The Morgan fingerprint density at radius 3 is 2.30 bits per heavy atom. The molecule has 2 aromatic rings. The van der Waals surface area contributed by atoms with Crippen LogP contribution in [0.1, 0.15) is 37.5 Å². The van der Waals surface area contributed by atoms with Gasteiger partial charge in [0.1, 0.15) is 0 Å². The molecule has 0 aromatic heterocycles. The molecule has 1 amide bonds. The number of fused-ring (bicyclic) bond motifs is 1. The molecule has 162 valence electrons. The maximum Gasteiger partial charge on any atom is 0.240 e. The van der Waals surface area contributed by atoms with Crippen molar-refractivity contribution in [2.24, 2.45) is 5.41 Å². The van der Waals surface area contributed by atoms with Crippen LogP contribution < -0.4 is 14.8 Å². The number of hydrogen-bond acceptors (Lipinski definition) is 4. The van der Waals surface area contributed by atoms with Crippen molar-refractivity contribution in [2.75, 3.05) is 27.3 Å². The molecule has 1 aliphatic heterocycles. The van der Waals surface area contributed by atoms with Crippen molar-refractivity contribution >= 4 is 5.91 Å². The van der Waals surface area contributed by atoms with E-state index in [-0.39, 0.29) is 17.4 Å². The molecule has 1 heterocycles. The summed E-state index contributed by atoms with van der Waals surface area (Å²) in [5.41, 5.74) is 3.45. The molecule has 0 spiro atoms. The predicted octanol–water partition coefficient (Wildman–Crippen LogP) is 3.84. The maximum absolute atomic E-state index is 13.5. The minimum absolute atomic E-state index is 0.163. The lowest BCUT2D eigenvalue weighted by molar-refractivity contribution is -0.137. The van der Waals surface area contributed by atoms with E-state index in [1.807, 2.05) is 23.1 Å². The second-order valence-electron chi connectivity index (χ2n) is 8.97. The minimum atomic E-state index is -0.233. The lowest BCUT2D eigenvalue weighted by Crippen LogP contribution is -2.54. The molecule has 0 saturated heterocycles. The van der Waals surface area contributed by atoms with E-state index < -0.39 is 0 Å². The molecule has 0 fully saturated rings. The number of methoxy groups -OCH3 is 2. The van der Waals surface area contributed by atoms with Crippen molar-refractivity contribution in [3.63, 3.8) is 0 Å². The van der Waals surface area contributed by atoms with E-state index in [0.717, 1.165) is 30.7 Å². The zero-order valence-corrected chi connectivity index (χ0v) is 18.8. The number of amides is 1. The summed E-state index contributed by atoms with van der Waals surface area (Å²) < 4.78 is 10.9. The Bertz CT molecular complexity index is 859. The molecule has 1 unspecified atom stereocenters. The van der Waals surface area contributed by atoms with Gasteiger partial charge in [0.25, 0.3) is 0 Å². The number of rotatable bonds is 7. The zero-order chi connectivity index (χ0) is 21.7. The number of carbonyl (C=O) groups excluding carboxylic acids is 1. The van der Waals surface area contributed by atoms with Gasteiger partial charge < -0.3 is 19.7 Å². The molecule has 3 rings (SSSR count). The standard InChI is InChI=1S/C25H34N2O3/c1-25(2,3)23(26-13-11-18-9-7-6-8-10-18)24(28)27-14-12-19-15-21(29-4)22(30-5)16-20(19)17-27/h6-10,15-16,23,26H,11-14,17H2,1-5H3. The summed E-state index contributed by atoms with van der Waals surface area (Å²) in [6.45, 7) is 8.45. The number of benzene rings is 2. The lowest BCUT2D eigenvalue weighted by Gasteiger charge is -2.37. The van der Waals surface area contributed by atoms with E-state index in [0.29, 0.717) is 18.8 Å². The minimum Gasteiger partial charge on any atom is -0.493 e. The first-order valence-corrected chi connectivity index (χ1v) is 10.6. The van der Waals surface area contributed by atoms with Crippen molar-refractivity contribution in [1.82, 2.24) is 10.2 Å². The van der Waals surface area contributed by atoms with E-state index in [1.165, 1.54) is 11.1 Å². The third-order valence-electron chi connectivity index (χ3n) is 5.75. The van der Waals surface area contributed by atoms with Crippen molar-refractivity contribution in [1.29, 1.82) is 0 Å². The molecule has 0 saturated carbocycles. The zero-order valence-electron chi connectivity index (χ0n) is 18.8. The van der Waals surface area contributed by atoms with E-state index in [1.54, 1.807) is 14.2 Å². The maximum atomic E-state index is 13.5. The van der Waals surface area contributed by atoms with Crippen LogP contribution in [0.4, 0.5) is 0 Å². The highest BCUT2D eigenvalue weighted by Gasteiger charge is 2.35. The van der Waals surface area contributed by atoms with Crippen molar-refractivity contribution < 1.29 is 14.3 Å². The lowest BCUT2D eigenvalue weighted by atomic mass is 9.85. The van der Waals surface area contributed by atoms with Crippen molar-refractivity contribution in [2.45, 2.75) is 46.2 Å². The highest BCUT2D eigenvalue weighted by Crippen LogP contribution is 2.34. The summed E-state index contributed by atoms with van der Waals surface area (Å²) in [5, 5.41) is 3.53. The average Bonchev–Trinajstić information content (AvgIpc) is 2.74. The molecule has 0 aliphatic carbocycles. The summed E-state index contributed by atoms with van der Waals surface area (Å²) in [6, 6.07) is 14.2. The van der Waals surface area contributed by atoms with Crippen LogP contribution >= 0.6 is 0 Å². The molecular weight excluding hydrogens is 376 g/mol. The summed E-state index contributed by atoms with van der Waals surface area (Å²) >= 11 is 0. The molecule has 1 atom stereocenters. The average molecular weight is 411 g/mol. The van der Waals surface area contributed by atoms with Crippen molar-refractivity contribution in [3.8, 4) is 11.5 Å². The summed E-state index contributed by atoms with van der Waals surface area (Å²) in [7, 11) is 3.29. The first kappa shape index (κ1) is 22.2. The van der Waals surface area contributed by atoms with Gasteiger partial charge in [0.2, 0.25) is 5.91 Å². The van der Waals surface area contributed by atoms with Gasteiger partial charge in [0, 0.05) is 13.1 Å². The van der Waals surface area contributed by atoms with Crippen LogP contribution in [0.25, 0.3) is 0 Å². The monoisotopic (exact) mass is 410 g/mol. The smallest absolute Gasteiger partial charge is 0.240 e.